The van der Waals surface area contributed by atoms with Crippen molar-refractivity contribution in [2.24, 2.45) is 5.92 Å². The molecule has 1 N–H and O–H groups in total. The second kappa shape index (κ2) is 5.31. The van der Waals surface area contributed by atoms with Crippen LogP contribution in [0.15, 0.2) is 30.5 Å². The molecule has 0 radical (unpaired) electrons. The minimum atomic E-state index is -0.736. The van der Waals surface area contributed by atoms with E-state index in [0.717, 1.165) is 18.0 Å². The summed E-state index contributed by atoms with van der Waals surface area (Å²) in [6, 6.07) is 8.50. The molecule has 0 spiro atoms. The molecule has 106 valence electrons. The van der Waals surface area contributed by atoms with Crippen LogP contribution in [0.25, 0.3) is 10.9 Å². The third-order valence-electron chi connectivity index (χ3n) is 4.52. The van der Waals surface area contributed by atoms with Crippen molar-refractivity contribution in [3.8, 4) is 0 Å². The summed E-state index contributed by atoms with van der Waals surface area (Å²) in [6.45, 7) is 3.09. The second-order valence-electron chi connectivity index (χ2n) is 6.08. The van der Waals surface area contributed by atoms with E-state index in [-0.39, 0.29) is 12.3 Å². The number of fused-ring (bicyclic) bond motifs is 1. The van der Waals surface area contributed by atoms with Gasteiger partial charge in [0.2, 0.25) is 0 Å². The molecule has 3 heteroatoms. The van der Waals surface area contributed by atoms with Gasteiger partial charge in [0.15, 0.2) is 0 Å². The number of hydrogen-bond donors (Lipinski definition) is 1. The molecule has 1 atom stereocenters. The molecule has 1 aliphatic rings. The summed E-state index contributed by atoms with van der Waals surface area (Å²) in [5.74, 6) is 0.170. The molecule has 1 aliphatic carbocycles. The molecule has 0 aliphatic heterocycles. The summed E-state index contributed by atoms with van der Waals surface area (Å²) in [5.41, 5.74) is 2.38. The number of carboxylic acid groups (broad SMARTS) is 1. The first kappa shape index (κ1) is 13.2. The third-order valence-corrected chi connectivity index (χ3v) is 4.52. The molecule has 20 heavy (non-hydrogen) atoms. The van der Waals surface area contributed by atoms with Crippen LogP contribution in [0.2, 0.25) is 0 Å². The summed E-state index contributed by atoms with van der Waals surface area (Å²) >= 11 is 0. The van der Waals surface area contributed by atoms with Gasteiger partial charge in [-0.3, -0.25) is 4.79 Å². The molecule has 0 amide bonds. The summed E-state index contributed by atoms with van der Waals surface area (Å²) in [5, 5.41) is 10.1. The van der Waals surface area contributed by atoms with Gasteiger partial charge in [0.05, 0.1) is 6.42 Å². The van der Waals surface area contributed by atoms with Crippen LogP contribution in [0.4, 0.5) is 0 Å². The topological polar surface area (TPSA) is 42.2 Å². The van der Waals surface area contributed by atoms with Crippen molar-refractivity contribution >= 4 is 16.9 Å². The van der Waals surface area contributed by atoms with Crippen molar-refractivity contribution in [3.63, 3.8) is 0 Å². The van der Waals surface area contributed by atoms with Crippen molar-refractivity contribution in [1.82, 2.24) is 4.57 Å². The van der Waals surface area contributed by atoms with Gasteiger partial charge in [-0.2, -0.15) is 0 Å². The van der Waals surface area contributed by atoms with E-state index in [1.54, 1.807) is 0 Å². The van der Waals surface area contributed by atoms with E-state index >= 15 is 0 Å². The van der Waals surface area contributed by atoms with Gasteiger partial charge in [-0.1, -0.05) is 19.4 Å². The highest BCUT2D eigenvalue weighted by Gasteiger charge is 2.18. The number of rotatable bonds is 5. The summed E-state index contributed by atoms with van der Waals surface area (Å²) in [4.78, 5) is 10.8. The van der Waals surface area contributed by atoms with E-state index < -0.39 is 5.97 Å². The average molecular weight is 271 g/mol. The Morgan fingerprint density at radius 1 is 1.40 bits per heavy atom. The smallest absolute Gasteiger partial charge is 0.303 e. The number of carboxylic acids is 1. The van der Waals surface area contributed by atoms with Gasteiger partial charge in [0, 0.05) is 18.3 Å². The maximum Gasteiger partial charge on any atom is 0.303 e. The number of carbonyl (C=O) groups is 1. The zero-order chi connectivity index (χ0) is 14.1. The lowest BCUT2D eigenvalue weighted by molar-refractivity contribution is -0.137. The molecule has 3 nitrogen and oxygen atoms in total. The van der Waals surface area contributed by atoms with Crippen LogP contribution in [-0.4, -0.2) is 15.6 Å². The molecule has 0 bridgehead atoms. The Kier molecular flexibility index (Phi) is 3.51. The quantitative estimate of drug-likeness (QED) is 0.892. The zero-order valence-corrected chi connectivity index (χ0v) is 11.9. The van der Waals surface area contributed by atoms with Crippen molar-refractivity contribution in [3.05, 3.63) is 36.0 Å². The molecule has 0 saturated heterocycles. The lowest BCUT2D eigenvalue weighted by atomic mass is 9.85. The predicted octanol–water partition coefficient (Wildman–Crippen LogP) is 4.02. The van der Waals surface area contributed by atoms with E-state index in [2.05, 4.69) is 35.0 Å². The van der Waals surface area contributed by atoms with Crippen LogP contribution < -0.4 is 0 Å². The number of benzene rings is 1. The van der Waals surface area contributed by atoms with E-state index in [4.69, 9.17) is 5.11 Å². The van der Waals surface area contributed by atoms with Gasteiger partial charge in [0.25, 0.3) is 0 Å². The fourth-order valence-electron chi connectivity index (χ4n) is 3.02. The Morgan fingerprint density at radius 2 is 2.20 bits per heavy atom. The van der Waals surface area contributed by atoms with Crippen molar-refractivity contribution in [1.29, 1.82) is 0 Å². The third kappa shape index (κ3) is 2.58. The van der Waals surface area contributed by atoms with Gasteiger partial charge < -0.3 is 9.67 Å². The summed E-state index contributed by atoms with van der Waals surface area (Å²) in [7, 11) is 0. The SMILES string of the molecule is CC(CC(=O)O)c1ccc2c(ccn2CC2CCC2)c1. The van der Waals surface area contributed by atoms with Crippen LogP contribution in [-0.2, 0) is 11.3 Å². The molecule has 1 saturated carbocycles. The maximum absolute atomic E-state index is 10.8. The highest BCUT2D eigenvalue weighted by atomic mass is 16.4. The monoisotopic (exact) mass is 271 g/mol. The predicted molar refractivity (Wildman–Crippen MR) is 79.9 cm³/mol. The van der Waals surface area contributed by atoms with Crippen LogP contribution in [0.3, 0.4) is 0 Å². The Hall–Kier alpha value is -1.77. The van der Waals surface area contributed by atoms with E-state index in [9.17, 15) is 4.79 Å². The minimum Gasteiger partial charge on any atom is -0.481 e. The van der Waals surface area contributed by atoms with Crippen LogP contribution in [0.1, 0.15) is 44.1 Å². The highest BCUT2D eigenvalue weighted by molar-refractivity contribution is 5.81. The van der Waals surface area contributed by atoms with Gasteiger partial charge in [-0.25, -0.2) is 0 Å². The highest BCUT2D eigenvalue weighted by Crippen LogP contribution is 2.30. The lowest BCUT2D eigenvalue weighted by Gasteiger charge is -2.26. The summed E-state index contributed by atoms with van der Waals surface area (Å²) < 4.78 is 2.34. The zero-order valence-electron chi connectivity index (χ0n) is 11.9. The molecule has 1 heterocycles. The summed E-state index contributed by atoms with van der Waals surface area (Å²) in [6.07, 6.45) is 6.43. The average Bonchev–Trinajstić information content (AvgIpc) is 2.75. The molecule has 3 rings (SSSR count). The fourth-order valence-corrected chi connectivity index (χ4v) is 3.02. The minimum absolute atomic E-state index is 0.0619. The lowest BCUT2D eigenvalue weighted by Crippen LogP contribution is -2.17. The molecule has 1 aromatic carbocycles. The van der Waals surface area contributed by atoms with Crippen molar-refractivity contribution in [2.75, 3.05) is 0 Å². The number of aromatic nitrogens is 1. The fraction of sp³-hybridized carbons (Fsp3) is 0.471. The first-order chi connectivity index (χ1) is 9.63. The molecule has 1 fully saturated rings. The van der Waals surface area contributed by atoms with Crippen molar-refractivity contribution in [2.45, 2.75) is 45.1 Å². The second-order valence-corrected chi connectivity index (χ2v) is 6.08. The van der Waals surface area contributed by atoms with Gasteiger partial charge in [-0.15, -0.1) is 0 Å². The maximum atomic E-state index is 10.8. The first-order valence-corrected chi connectivity index (χ1v) is 7.44. The largest absolute Gasteiger partial charge is 0.481 e. The Bertz CT molecular complexity index is 625. The molecule has 1 aromatic heterocycles. The molecular formula is C17H21NO2. The Labute approximate surface area is 119 Å². The van der Waals surface area contributed by atoms with E-state index in [1.165, 1.54) is 30.2 Å². The normalized spacial score (nSPS) is 17.1. The Morgan fingerprint density at radius 3 is 2.85 bits per heavy atom. The van der Waals surface area contributed by atoms with Gasteiger partial charge in [-0.05, 0) is 53.8 Å². The van der Waals surface area contributed by atoms with E-state index in [1.807, 2.05) is 6.92 Å². The van der Waals surface area contributed by atoms with Crippen LogP contribution in [0, 0.1) is 5.92 Å². The standard InChI is InChI=1S/C17H21NO2/c1-12(9-17(19)20)14-5-6-16-15(10-14)7-8-18(16)11-13-3-2-4-13/h5-8,10,12-13H,2-4,9,11H2,1H3,(H,19,20). The first-order valence-electron chi connectivity index (χ1n) is 7.44. The van der Waals surface area contributed by atoms with Gasteiger partial charge >= 0.3 is 5.97 Å². The molecule has 1 unspecified atom stereocenters. The van der Waals surface area contributed by atoms with Crippen LogP contribution >= 0.6 is 0 Å². The van der Waals surface area contributed by atoms with Crippen LogP contribution in [0.5, 0.6) is 0 Å². The number of aliphatic carboxylic acids is 1. The van der Waals surface area contributed by atoms with E-state index in [0.29, 0.717) is 0 Å². The van der Waals surface area contributed by atoms with Crippen molar-refractivity contribution < 1.29 is 9.90 Å². The number of nitrogens with zero attached hydrogens (tertiary/aromatic N) is 1. The Balaban J connectivity index is 1.83. The van der Waals surface area contributed by atoms with Gasteiger partial charge in [0.1, 0.15) is 0 Å². The molecular weight excluding hydrogens is 250 g/mol. The molecule has 2 aromatic rings. The number of hydrogen-bond acceptors (Lipinski definition) is 1.